The number of hydrogen-bond donors (Lipinski definition) is 1. The Balaban J connectivity index is 1.34. The van der Waals surface area contributed by atoms with E-state index in [2.05, 4.69) is 12.0 Å². The molecule has 1 aromatic rings. The first-order valence-electron chi connectivity index (χ1n) is 12.0. The molecule has 1 aromatic heterocycles. The summed E-state index contributed by atoms with van der Waals surface area (Å²) in [4.78, 5) is 13.2. The predicted octanol–water partition coefficient (Wildman–Crippen LogP) is 4.29. The fraction of sp³-hybridized carbons (Fsp3) is 0.800. The van der Waals surface area contributed by atoms with Crippen LogP contribution in [0.1, 0.15) is 70.8 Å². The highest BCUT2D eigenvalue weighted by Crippen LogP contribution is 2.65. The molecule has 4 fully saturated rings. The zero-order chi connectivity index (χ0) is 22.0. The van der Waals surface area contributed by atoms with Crippen molar-refractivity contribution in [2.75, 3.05) is 0 Å². The van der Waals surface area contributed by atoms with Gasteiger partial charge in [-0.3, -0.25) is 9.48 Å². The van der Waals surface area contributed by atoms with Crippen LogP contribution in [-0.4, -0.2) is 32.4 Å². The fourth-order valence-electron chi connectivity index (χ4n) is 8.36. The van der Waals surface area contributed by atoms with E-state index in [1.54, 1.807) is 6.20 Å². The molecule has 0 bridgehead atoms. The molecule has 6 heteroatoms. The summed E-state index contributed by atoms with van der Waals surface area (Å²) in [6.45, 7) is 4.25. The lowest BCUT2D eigenvalue weighted by Gasteiger charge is -2.57. The highest BCUT2D eigenvalue weighted by atomic mass is 19.1. The van der Waals surface area contributed by atoms with E-state index in [0.717, 1.165) is 44.9 Å². The molecule has 168 valence electrons. The van der Waals surface area contributed by atoms with E-state index < -0.39 is 11.8 Å². The second-order valence-corrected chi connectivity index (χ2v) is 11.4. The summed E-state index contributed by atoms with van der Waals surface area (Å²) in [6.07, 6.45) is 9.40. The van der Waals surface area contributed by atoms with Crippen molar-refractivity contribution >= 4 is 5.78 Å². The van der Waals surface area contributed by atoms with Gasteiger partial charge in [0.1, 0.15) is 12.2 Å². The predicted molar refractivity (Wildman–Crippen MR) is 113 cm³/mol. The molecule has 5 rings (SSSR count). The SMILES string of the molecule is C[C@@]1(O)CC[C@H]2[C@H](CC[C@@H]3[C@@H]2CC[C@]2(C)[C@@H](C(=O)Cn4cc(C#N)cn4)CC(F)[C@@H]32)C1. The largest absolute Gasteiger partial charge is 0.390 e. The van der Waals surface area contributed by atoms with Crippen molar-refractivity contribution < 1.29 is 14.3 Å². The summed E-state index contributed by atoms with van der Waals surface area (Å²) in [5.41, 5.74) is -0.381. The van der Waals surface area contributed by atoms with Gasteiger partial charge in [-0.05, 0) is 93.3 Å². The summed E-state index contributed by atoms with van der Waals surface area (Å²) in [5, 5.41) is 23.7. The number of fused-ring (bicyclic) bond motifs is 5. The van der Waals surface area contributed by atoms with Crippen molar-refractivity contribution in [1.29, 1.82) is 5.26 Å². The van der Waals surface area contributed by atoms with Crippen molar-refractivity contribution in [3.63, 3.8) is 0 Å². The van der Waals surface area contributed by atoms with Crippen LogP contribution in [0.4, 0.5) is 4.39 Å². The number of nitrogens with zero attached hydrogens (tertiary/aromatic N) is 3. The number of aliphatic hydroxyl groups is 1. The molecule has 0 aromatic carbocycles. The molecule has 5 nitrogen and oxygen atoms in total. The average molecular weight is 428 g/mol. The number of carbonyl (C=O) groups is 1. The molecule has 1 unspecified atom stereocenters. The zero-order valence-corrected chi connectivity index (χ0v) is 18.6. The maximum absolute atomic E-state index is 15.6. The summed E-state index contributed by atoms with van der Waals surface area (Å²) >= 11 is 0. The smallest absolute Gasteiger partial charge is 0.158 e. The molecule has 4 aliphatic rings. The highest BCUT2D eigenvalue weighted by molar-refractivity contribution is 5.82. The number of ketones is 1. The number of halogens is 1. The molecular weight excluding hydrogens is 393 g/mol. The maximum Gasteiger partial charge on any atom is 0.158 e. The first-order valence-corrected chi connectivity index (χ1v) is 12.0. The molecular formula is C25H34FN3O2. The van der Waals surface area contributed by atoms with Gasteiger partial charge in [0, 0.05) is 12.1 Å². The third-order valence-corrected chi connectivity index (χ3v) is 9.65. The van der Waals surface area contributed by atoms with Crippen LogP contribution in [-0.2, 0) is 11.3 Å². The Morgan fingerprint density at radius 3 is 2.77 bits per heavy atom. The van der Waals surface area contributed by atoms with Crippen LogP contribution in [0.25, 0.3) is 0 Å². The molecule has 9 atom stereocenters. The van der Waals surface area contributed by atoms with Crippen LogP contribution in [0.3, 0.4) is 0 Å². The minimum absolute atomic E-state index is 0.0316. The van der Waals surface area contributed by atoms with E-state index in [9.17, 15) is 9.90 Å². The van der Waals surface area contributed by atoms with Gasteiger partial charge in [-0.15, -0.1) is 0 Å². The normalized spacial score (nSPS) is 46.5. The third-order valence-electron chi connectivity index (χ3n) is 9.65. The van der Waals surface area contributed by atoms with Gasteiger partial charge in [-0.1, -0.05) is 6.92 Å². The molecule has 1 N–H and O–H groups in total. The summed E-state index contributed by atoms with van der Waals surface area (Å²) in [6, 6.07) is 2.04. The van der Waals surface area contributed by atoms with Crippen LogP contribution in [0, 0.1) is 52.3 Å². The number of alkyl halides is 1. The van der Waals surface area contributed by atoms with Crippen molar-refractivity contribution in [1.82, 2.24) is 9.78 Å². The third kappa shape index (κ3) is 3.44. The number of rotatable bonds is 3. The Labute approximate surface area is 184 Å². The lowest BCUT2D eigenvalue weighted by Crippen LogP contribution is -2.52. The summed E-state index contributed by atoms with van der Waals surface area (Å²) < 4.78 is 17.1. The van der Waals surface area contributed by atoms with Crippen LogP contribution in [0.5, 0.6) is 0 Å². The summed E-state index contributed by atoms with van der Waals surface area (Å²) in [5.74, 6) is 1.85. The Bertz CT molecular complexity index is 905. The van der Waals surface area contributed by atoms with Gasteiger partial charge in [0.05, 0.1) is 23.9 Å². The second-order valence-electron chi connectivity index (χ2n) is 11.4. The maximum atomic E-state index is 15.6. The monoisotopic (exact) mass is 427 g/mol. The molecule has 0 aliphatic heterocycles. The van der Waals surface area contributed by atoms with E-state index in [0.29, 0.717) is 35.7 Å². The summed E-state index contributed by atoms with van der Waals surface area (Å²) in [7, 11) is 0. The van der Waals surface area contributed by atoms with Crippen molar-refractivity contribution in [2.24, 2.45) is 40.9 Å². The standard InChI is InChI=1S/C25H34FN3O2/c1-24(31)7-5-17-16(10-24)3-4-19-18(17)6-8-25(2)20(9-21(26)23(19)25)22(30)14-29-13-15(11-27)12-28-29/h12-13,16-21,23,31H,3-10,14H2,1-2H3/t16-,17+,18-,19-,20-,21?,23-,24-,25-/m1/s1. The van der Waals surface area contributed by atoms with Crippen LogP contribution >= 0.6 is 0 Å². The Hall–Kier alpha value is -1.74. The molecule has 1 heterocycles. The molecule has 31 heavy (non-hydrogen) atoms. The minimum Gasteiger partial charge on any atom is -0.390 e. The van der Waals surface area contributed by atoms with Crippen LogP contribution in [0.15, 0.2) is 12.4 Å². The number of carbonyl (C=O) groups excluding carboxylic acids is 1. The lowest BCUT2D eigenvalue weighted by atomic mass is 9.48. The average Bonchev–Trinajstić information content (AvgIpc) is 3.28. The van der Waals surface area contributed by atoms with Gasteiger partial charge in [0.2, 0.25) is 0 Å². The highest BCUT2D eigenvalue weighted by Gasteiger charge is 2.62. The Kier molecular flexibility index (Phi) is 5.04. The molecule has 4 aliphatic carbocycles. The van der Waals surface area contributed by atoms with Gasteiger partial charge >= 0.3 is 0 Å². The second kappa shape index (κ2) is 7.40. The van der Waals surface area contributed by atoms with Crippen molar-refractivity contribution in [2.45, 2.75) is 83.5 Å². The van der Waals surface area contributed by atoms with Gasteiger partial charge in [-0.25, -0.2) is 4.39 Å². The van der Waals surface area contributed by atoms with E-state index in [1.807, 2.05) is 13.0 Å². The number of nitriles is 1. The van der Waals surface area contributed by atoms with E-state index >= 15 is 4.39 Å². The Morgan fingerprint density at radius 2 is 2.03 bits per heavy atom. The van der Waals surface area contributed by atoms with E-state index in [-0.39, 0.29) is 29.6 Å². The molecule has 0 amide bonds. The first-order chi connectivity index (χ1) is 14.7. The van der Waals surface area contributed by atoms with Crippen LogP contribution in [0.2, 0.25) is 0 Å². The minimum atomic E-state index is -0.915. The zero-order valence-electron chi connectivity index (χ0n) is 18.6. The number of hydrogen-bond acceptors (Lipinski definition) is 4. The first kappa shape index (κ1) is 21.1. The quantitative estimate of drug-likeness (QED) is 0.780. The molecule has 4 saturated carbocycles. The van der Waals surface area contributed by atoms with E-state index in [4.69, 9.17) is 5.26 Å². The van der Waals surface area contributed by atoms with E-state index in [1.165, 1.54) is 10.9 Å². The van der Waals surface area contributed by atoms with Crippen LogP contribution < -0.4 is 0 Å². The molecule has 0 spiro atoms. The fourth-order valence-corrected chi connectivity index (χ4v) is 8.36. The van der Waals surface area contributed by atoms with Gasteiger partial charge < -0.3 is 5.11 Å². The molecule has 0 radical (unpaired) electrons. The van der Waals surface area contributed by atoms with Crippen molar-refractivity contribution in [3.05, 3.63) is 18.0 Å². The number of Topliss-reactive ketones (excluding diaryl/α,β-unsaturated/α-hetero) is 1. The lowest BCUT2D eigenvalue weighted by molar-refractivity contribution is -0.134. The topological polar surface area (TPSA) is 78.9 Å². The van der Waals surface area contributed by atoms with Crippen molar-refractivity contribution in [3.8, 4) is 6.07 Å². The van der Waals surface area contributed by atoms with Gasteiger partial charge in [0.15, 0.2) is 5.78 Å². The van der Waals surface area contributed by atoms with Gasteiger partial charge in [0.25, 0.3) is 0 Å². The number of aromatic nitrogens is 2. The van der Waals surface area contributed by atoms with Gasteiger partial charge in [-0.2, -0.15) is 10.4 Å². The molecule has 0 saturated heterocycles. The Morgan fingerprint density at radius 1 is 1.26 bits per heavy atom.